The van der Waals surface area contributed by atoms with Crippen molar-refractivity contribution in [3.8, 4) is 5.88 Å². The molecule has 0 aliphatic carbocycles. The Hall–Kier alpha value is -1.05. The van der Waals surface area contributed by atoms with Gasteiger partial charge < -0.3 is 4.74 Å². The molecule has 1 heterocycles. The van der Waals surface area contributed by atoms with Crippen LogP contribution in [0.15, 0.2) is 12.3 Å². The molecule has 0 aliphatic heterocycles. The molecule has 1 rings (SSSR count). The Balaban J connectivity index is 3.10. The summed E-state index contributed by atoms with van der Waals surface area (Å²) < 4.78 is 5.08. The van der Waals surface area contributed by atoms with Crippen molar-refractivity contribution in [3.63, 3.8) is 0 Å². The van der Waals surface area contributed by atoms with Gasteiger partial charge in [-0.1, -0.05) is 6.92 Å². The number of hydrogen-bond donors (Lipinski definition) is 0. The maximum absolute atomic E-state index is 5.08. The molecule has 2 heteroatoms. The monoisotopic (exact) mass is 151 g/mol. The van der Waals surface area contributed by atoms with E-state index in [-0.39, 0.29) is 0 Å². The normalized spacial score (nSPS) is 9.73. The number of nitrogens with zero attached hydrogens (tertiary/aromatic N) is 1. The van der Waals surface area contributed by atoms with Crippen LogP contribution in [0, 0.1) is 6.92 Å². The lowest BCUT2D eigenvalue weighted by molar-refractivity contribution is 0.394. The molecule has 0 atom stereocenters. The molecule has 60 valence electrons. The van der Waals surface area contributed by atoms with E-state index in [0.29, 0.717) is 0 Å². The fraction of sp³-hybridized carbons (Fsp3) is 0.444. The van der Waals surface area contributed by atoms with E-state index in [0.717, 1.165) is 17.9 Å². The average Bonchev–Trinajstić information content (AvgIpc) is 2.05. The molecule has 1 aromatic rings. The summed E-state index contributed by atoms with van der Waals surface area (Å²) in [6.45, 7) is 4.16. The van der Waals surface area contributed by atoms with Gasteiger partial charge in [0.15, 0.2) is 0 Å². The molecule has 0 amide bonds. The van der Waals surface area contributed by atoms with Crippen LogP contribution in [0.25, 0.3) is 0 Å². The summed E-state index contributed by atoms with van der Waals surface area (Å²) in [7, 11) is 1.65. The van der Waals surface area contributed by atoms with Crippen molar-refractivity contribution >= 4 is 0 Å². The maximum atomic E-state index is 5.08. The molecular weight excluding hydrogens is 138 g/mol. The van der Waals surface area contributed by atoms with Crippen molar-refractivity contribution < 1.29 is 4.74 Å². The first kappa shape index (κ1) is 8.05. The number of aromatic nitrogens is 1. The highest BCUT2D eigenvalue weighted by molar-refractivity contribution is 5.32. The summed E-state index contributed by atoms with van der Waals surface area (Å²) in [5, 5.41) is 0. The third-order valence-corrected chi connectivity index (χ3v) is 1.84. The Bertz CT molecular complexity index is 223. The Morgan fingerprint density at radius 1 is 1.55 bits per heavy atom. The number of hydrogen-bond acceptors (Lipinski definition) is 2. The van der Waals surface area contributed by atoms with Gasteiger partial charge in [0.25, 0.3) is 0 Å². The predicted molar refractivity (Wildman–Crippen MR) is 44.9 cm³/mol. The van der Waals surface area contributed by atoms with Crippen molar-refractivity contribution in [2.24, 2.45) is 0 Å². The summed E-state index contributed by atoms with van der Waals surface area (Å²) in [6, 6.07) is 2.03. The van der Waals surface area contributed by atoms with Crippen LogP contribution in [-0.2, 0) is 6.42 Å². The summed E-state index contributed by atoms with van der Waals surface area (Å²) >= 11 is 0. The van der Waals surface area contributed by atoms with Gasteiger partial charge in [-0.2, -0.15) is 0 Å². The number of methoxy groups -OCH3 is 1. The molecular formula is C9H13NO. The van der Waals surface area contributed by atoms with Crippen LogP contribution in [0.5, 0.6) is 5.88 Å². The second-order valence-electron chi connectivity index (χ2n) is 2.46. The number of aryl methyl sites for hydroxylation is 1. The smallest absolute Gasteiger partial charge is 0.216 e. The molecule has 0 unspecified atom stereocenters. The Morgan fingerprint density at radius 3 is 2.82 bits per heavy atom. The van der Waals surface area contributed by atoms with Gasteiger partial charge >= 0.3 is 0 Å². The van der Waals surface area contributed by atoms with Gasteiger partial charge in [0, 0.05) is 11.8 Å². The van der Waals surface area contributed by atoms with E-state index in [4.69, 9.17) is 4.74 Å². The van der Waals surface area contributed by atoms with Crippen molar-refractivity contribution in [1.29, 1.82) is 0 Å². The van der Waals surface area contributed by atoms with E-state index < -0.39 is 0 Å². The van der Waals surface area contributed by atoms with Gasteiger partial charge in [-0.15, -0.1) is 0 Å². The summed E-state index contributed by atoms with van der Waals surface area (Å²) in [6.07, 6.45) is 2.81. The molecule has 0 N–H and O–H groups in total. The standard InChI is InChI=1S/C9H13NO/c1-4-8-5-6-10-9(11-3)7(8)2/h5-6H,4H2,1-3H3. The molecule has 0 radical (unpaired) electrons. The van der Waals surface area contributed by atoms with Crippen molar-refractivity contribution in [2.75, 3.05) is 7.11 Å². The quantitative estimate of drug-likeness (QED) is 0.644. The molecule has 1 aromatic heterocycles. The van der Waals surface area contributed by atoms with Crippen LogP contribution in [-0.4, -0.2) is 12.1 Å². The lowest BCUT2D eigenvalue weighted by Gasteiger charge is -2.06. The molecule has 11 heavy (non-hydrogen) atoms. The minimum Gasteiger partial charge on any atom is -0.481 e. The predicted octanol–water partition coefficient (Wildman–Crippen LogP) is 1.96. The van der Waals surface area contributed by atoms with Crippen LogP contribution >= 0.6 is 0 Å². The molecule has 0 saturated heterocycles. The van der Waals surface area contributed by atoms with E-state index in [9.17, 15) is 0 Å². The summed E-state index contributed by atoms with van der Waals surface area (Å²) in [5.41, 5.74) is 2.45. The van der Waals surface area contributed by atoms with Gasteiger partial charge in [0.05, 0.1) is 7.11 Å². The zero-order valence-corrected chi connectivity index (χ0v) is 7.22. The second-order valence-corrected chi connectivity index (χ2v) is 2.46. The second kappa shape index (κ2) is 3.37. The Labute approximate surface area is 67.2 Å². The largest absolute Gasteiger partial charge is 0.481 e. The van der Waals surface area contributed by atoms with Crippen LogP contribution in [0.1, 0.15) is 18.1 Å². The zero-order chi connectivity index (χ0) is 8.27. The van der Waals surface area contributed by atoms with E-state index in [1.165, 1.54) is 5.56 Å². The summed E-state index contributed by atoms with van der Waals surface area (Å²) in [5.74, 6) is 0.740. The first-order chi connectivity index (χ1) is 5.29. The van der Waals surface area contributed by atoms with Gasteiger partial charge in [-0.25, -0.2) is 4.98 Å². The van der Waals surface area contributed by atoms with Gasteiger partial charge in [0.1, 0.15) is 0 Å². The first-order valence-corrected chi connectivity index (χ1v) is 3.78. The highest BCUT2D eigenvalue weighted by Crippen LogP contribution is 2.17. The highest BCUT2D eigenvalue weighted by Gasteiger charge is 2.01. The lowest BCUT2D eigenvalue weighted by Crippen LogP contribution is -1.94. The molecule has 0 bridgehead atoms. The zero-order valence-electron chi connectivity index (χ0n) is 7.22. The van der Waals surface area contributed by atoms with Crippen LogP contribution in [0.2, 0.25) is 0 Å². The Kier molecular flexibility index (Phi) is 2.47. The van der Waals surface area contributed by atoms with Gasteiger partial charge in [0.2, 0.25) is 5.88 Å². The minimum atomic E-state index is 0.740. The van der Waals surface area contributed by atoms with Gasteiger partial charge in [-0.05, 0) is 25.0 Å². The molecule has 0 saturated carbocycles. The SMILES string of the molecule is CCc1ccnc(OC)c1C. The van der Waals surface area contributed by atoms with Crippen molar-refractivity contribution in [3.05, 3.63) is 23.4 Å². The summed E-state index contributed by atoms with van der Waals surface area (Å²) in [4.78, 5) is 4.08. The van der Waals surface area contributed by atoms with E-state index in [2.05, 4.69) is 11.9 Å². The van der Waals surface area contributed by atoms with Crippen LogP contribution < -0.4 is 4.74 Å². The fourth-order valence-electron chi connectivity index (χ4n) is 1.14. The molecule has 0 spiro atoms. The fourth-order valence-corrected chi connectivity index (χ4v) is 1.14. The van der Waals surface area contributed by atoms with Crippen molar-refractivity contribution in [1.82, 2.24) is 4.98 Å². The molecule has 2 nitrogen and oxygen atoms in total. The lowest BCUT2D eigenvalue weighted by atomic mass is 10.1. The Morgan fingerprint density at radius 2 is 2.27 bits per heavy atom. The van der Waals surface area contributed by atoms with Crippen molar-refractivity contribution in [2.45, 2.75) is 20.3 Å². The van der Waals surface area contributed by atoms with Gasteiger partial charge in [-0.3, -0.25) is 0 Å². The van der Waals surface area contributed by atoms with Crippen LogP contribution in [0.4, 0.5) is 0 Å². The maximum Gasteiger partial charge on any atom is 0.216 e. The third kappa shape index (κ3) is 1.50. The van der Waals surface area contributed by atoms with E-state index in [1.807, 2.05) is 13.0 Å². The number of ether oxygens (including phenoxy) is 1. The number of pyridine rings is 1. The molecule has 0 aliphatic rings. The van der Waals surface area contributed by atoms with E-state index in [1.54, 1.807) is 13.3 Å². The molecule has 0 fully saturated rings. The highest BCUT2D eigenvalue weighted by atomic mass is 16.5. The third-order valence-electron chi connectivity index (χ3n) is 1.84. The van der Waals surface area contributed by atoms with Crippen LogP contribution in [0.3, 0.4) is 0 Å². The molecule has 0 aromatic carbocycles. The first-order valence-electron chi connectivity index (χ1n) is 3.78. The van der Waals surface area contributed by atoms with E-state index >= 15 is 0 Å². The topological polar surface area (TPSA) is 22.1 Å². The minimum absolute atomic E-state index is 0.740. The average molecular weight is 151 g/mol. The number of rotatable bonds is 2.